The van der Waals surface area contributed by atoms with Crippen molar-refractivity contribution in [2.45, 2.75) is 134 Å². The largest absolute Gasteiger partial charge is 0.490 e. The fraction of sp³-hybridized carbons (Fsp3) is 0.659. The molecular weight excluding hydrogens is 686 g/mol. The van der Waals surface area contributed by atoms with Crippen molar-refractivity contribution in [3.63, 3.8) is 0 Å². The average molecular weight is 738 g/mol. The number of hydrogen-bond donors (Lipinski definition) is 1. The van der Waals surface area contributed by atoms with Gasteiger partial charge in [0.05, 0.1) is 30.3 Å². The number of alkyl halides is 4. The Morgan fingerprint density at radius 1 is 1.00 bits per heavy atom. The standard InChI is InChI=1S/C41H51F4N5O3/c1-5-28(6-2)50-20-34(32-12-11-31(18-35(32)50)53-30-9-7-29(8-10-30)49-21-40(44,45)22-49)37-46-19-33(36(47-37)39(4,42)43)38(52)48-41(23(3)51)26-14-24-13-25(16-26)17-27(41)15-24/h11-12,18-20,24-30H,5-10,13-17,21-22H2,1-4H3,(H,48,52)/t24?,25?,26?,27?,29-,30-,41?. The van der Waals surface area contributed by atoms with Gasteiger partial charge >= 0.3 is 0 Å². The van der Waals surface area contributed by atoms with Crippen LogP contribution in [0.4, 0.5) is 17.6 Å². The number of Topliss-reactive ketones (excluding diaryl/α,β-unsaturated/α-hetero) is 1. The van der Waals surface area contributed by atoms with Crippen LogP contribution in [0.2, 0.25) is 0 Å². The molecule has 286 valence electrons. The zero-order valence-electron chi connectivity index (χ0n) is 31.1. The Balaban J connectivity index is 1.08. The third-order valence-corrected chi connectivity index (χ3v) is 13.5. The van der Waals surface area contributed by atoms with Crippen LogP contribution >= 0.6 is 0 Å². The molecule has 0 atom stereocenters. The lowest BCUT2D eigenvalue weighted by Crippen LogP contribution is -2.69. The molecule has 6 aliphatic rings. The minimum atomic E-state index is -3.46. The van der Waals surface area contributed by atoms with Gasteiger partial charge < -0.3 is 14.6 Å². The first-order chi connectivity index (χ1) is 25.2. The number of likely N-dealkylation sites (tertiary alicyclic amines) is 1. The van der Waals surface area contributed by atoms with Gasteiger partial charge in [-0.2, -0.15) is 8.78 Å². The molecule has 53 heavy (non-hydrogen) atoms. The van der Waals surface area contributed by atoms with E-state index in [1.807, 2.05) is 29.3 Å². The maximum atomic E-state index is 15.5. The number of nitrogens with zero attached hydrogens (tertiary/aromatic N) is 4. The van der Waals surface area contributed by atoms with Crippen LogP contribution in [-0.4, -0.2) is 67.8 Å². The molecule has 3 heterocycles. The maximum absolute atomic E-state index is 15.5. The van der Waals surface area contributed by atoms with Gasteiger partial charge in [0.2, 0.25) is 0 Å². The van der Waals surface area contributed by atoms with Crippen molar-refractivity contribution >= 4 is 22.6 Å². The Labute approximate surface area is 308 Å². The number of halogens is 4. The normalized spacial score (nSPS) is 30.8. The third kappa shape index (κ3) is 6.44. The Morgan fingerprint density at radius 3 is 2.21 bits per heavy atom. The fourth-order valence-corrected chi connectivity index (χ4v) is 11.1. The molecule has 5 aliphatic carbocycles. The molecular formula is C41H51F4N5O3. The van der Waals surface area contributed by atoms with Crippen LogP contribution in [0.5, 0.6) is 5.75 Å². The van der Waals surface area contributed by atoms with Crippen LogP contribution in [0.1, 0.15) is 120 Å². The van der Waals surface area contributed by atoms with E-state index in [2.05, 4.69) is 33.7 Å². The summed E-state index contributed by atoms with van der Waals surface area (Å²) in [6, 6.07) is 6.03. The third-order valence-electron chi connectivity index (χ3n) is 13.5. The molecule has 0 spiro atoms. The number of rotatable bonds is 11. The van der Waals surface area contributed by atoms with Gasteiger partial charge in [-0.3, -0.25) is 14.5 Å². The van der Waals surface area contributed by atoms with Gasteiger partial charge in [0.1, 0.15) is 17.0 Å². The maximum Gasteiger partial charge on any atom is 0.287 e. The van der Waals surface area contributed by atoms with Crippen molar-refractivity contribution in [1.29, 1.82) is 0 Å². The fourth-order valence-electron chi connectivity index (χ4n) is 11.1. The molecule has 2 aromatic heterocycles. The molecule has 5 saturated carbocycles. The summed E-state index contributed by atoms with van der Waals surface area (Å²) < 4.78 is 66.4. The summed E-state index contributed by atoms with van der Waals surface area (Å²) >= 11 is 0. The van der Waals surface area contributed by atoms with Gasteiger partial charge in [0.15, 0.2) is 11.6 Å². The number of hydrogen-bond acceptors (Lipinski definition) is 6. The second-order valence-electron chi connectivity index (χ2n) is 16.9. The molecule has 8 nitrogen and oxygen atoms in total. The van der Waals surface area contributed by atoms with Gasteiger partial charge in [0, 0.05) is 48.4 Å². The topological polar surface area (TPSA) is 89.3 Å². The summed E-state index contributed by atoms with van der Waals surface area (Å²) in [4.78, 5) is 38.2. The van der Waals surface area contributed by atoms with E-state index in [-0.39, 0.29) is 60.3 Å². The summed E-state index contributed by atoms with van der Waals surface area (Å²) in [7, 11) is 0. The van der Waals surface area contributed by atoms with E-state index in [1.54, 1.807) is 0 Å². The lowest BCUT2D eigenvalue weighted by Gasteiger charge is -2.60. The molecule has 4 bridgehead atoms. The Kier molecular flexibility index (Phi) is 9.17. The van der Waals surface area contributed by atoms with Crippen molar-refractivity contribution in [3.05, 3.63) is 41.9 Å². The summed E-state index contributed by atoms with van der Waals surface area (Å²) in [5.41, 5.74) is -0.597. The molecule has 6 fully saturated rings. The van der Waals surface area contributed by atoms with Crippen molar-refractivity contribution in [2.75, 3.05) is 13.1 Å². The number of ketones is 1. The highest BCUT2D eigenvalue weighted by molar-refractivity contribution is 6.01. The monoisotopic (exact) mass is 737 g/mol. The predicted molar refractivity (Wildman–Crippen MR) is 193 cm³/mol. The van der Waals surface area contributed by atoms with Crippen molar-refractivity contribution in [1.82, 2.24) is 24.8 Å². The molecule has 1 amide bonds. The van der Waals surface area contributed by atoms with E-state index in [0.29, 0.717) is 23.1 Å². The molecule has 0 radical (unpaired) electrons. The van der Waals surface area contributed by atoms with E-state index >= 15 is 8.78 Å². The molecule has 12 heteroatoms. The summed E-state index contributed by atoms with van der Waals surface area (Å²) in [6.45, 7) is 6.15. The first-order valence-corrected chi connectivity index (χ1v) is 19.7. The van der Waals surface area contributed by atoms with Crippen LogP contribution in [0.15, 0.2) is 30.6 Å². The first-order valence-electron chi connectivity index (χ1n) is 19.7. The molecule has 1 N–H and O–H groups in total. The lowest BCUT2D eigenvalue weighted by molar-refractivity contribution is -0.151. The minimum Gasteiger partial charge on any atom is -0.490 e. The summed E-state index contributed by atoms with van der Waals surface area (Å²) in [5, 5.41) is 3.81. The van der Waals surface area contributed by atoms with Crippen LogP contribution in [0.3, 0.4) is 0 Å². The number of fused-ring (bicyclic) bond motifs is 1. The zero-order valence-corrected chi connectivity index (χ0v) is 31.1. The number of carbonyl (C=O) groups is 2. The number of carbonyl (C=O) groups excluding carboxylic acids is 2. The van der Waals surface area contributed by atoms with Crippen molar-refractivity contribution in [3.8, 4) is 17.1 Å². The van der Waals surface area contributed by atoms with Crippen LogP contribution < -0.4 is 10.1 Å². The SMILES string of the molecule is CCC(CC)n1cc(-c2ncc(C(=O)NC3(C(C)=O)C4CC5CC(C4)CC3C5)c(C(C)(F)F)n2)c2ccc(O[C@H]3CC[C@H](N4CC(F)(F)C4)CC3)cc21. The highest BCUT2D eigenvalue weighted by Gasteiger charge is 2.60. The van der Waals surface area contributed by atoms with Gasteiger partial charge in [-0.15, -0.1) is 0 Å². The number of amides is 1. The number of ether oxygens (including phenoxy) is 1. The van der Waals surface area contributed by atoms with Crippen LogP contribution in [0, 0.1) is 23.7 Å². The number of aromatic nitrogens is 3. The van der Waals surface area contributed by atoms with E-state index in [4.69, 9.17) is 4.74 Å². The van der Waals surface area contributed by atoms with Crippen LogP contribution in [-0.2, 0) is 10.7 Å². The molecule has 1 saturated heterocycles. The average Bonchev–Trinajstić information content (AvgIpc) is 3.47. The smallest absolute Gasteiger partial charge is 0.287 e. The lowest BCUT2D eigenvalue weighted by atomic mass is 9.47. The molecule has 0 unspecified atom stereocenters. The van der Waals surface area contributed by atoms with Crippen molar-refractivity contribution < 1.29 is 31.9 Å². The quantitative estimate of drug-likeness (QED) is 0.198. The number of benzene rings is 1. The van der Waals surface area contributed by atoms with E-state index < -0.39 is 29.0 Å². The van der Waals surface area contributed by atoms with E-state index in [9.17, 15) is 18.4 Å². The first kappa shape index (κ1) is 36.4. The Hall–Kier alpha value is -3.54. The molecule has 1 aromatic carbocycles. The number of nitrogens with one attached hydrogen (secondary N) is 1. The Bertz CT molecular complexity index is 1860. The van der Waals surface area contributed by atoms with E-state index in [1.165, 1.54) is 19.5 Å². The molecule has 9 rings (SSSR count). The van der Waals surface area contributed by atoms with Gasteiger partial charge in [-0.1, -0.05) is 13.8 Å². The summed E-state index contributed by atoms with van der Waals surface area (Å²) in [5.74, 6) is -4.96. The van der Waals surface area contributed by atoms with Crippen molar-refractivity contribution in [2.24, 2.45) is 23.7 Å². The van der Waals surface area contributed by atoms with Crippen LogP contribution in [0.25, 0.3) is 22.3 Å². The Morgan fingerprint density at radius 2 is 1.64 bits per heavy atom. The second kappa shape index (κ2) is 13.3. The summed E-state index contributed by atoms with van der Waals surface area (Å²) in [6.07, 6.45) is 12.6. The molecule has 1 aliphatic heterocycles. The highest BCUT2D eigenvalue weighted by atomic mass is 19.3. The van der Waals surface area contributed by atoms with Gasteiger partial charge in [-0.05, 0) is 113 Å². The second-order valence-corrected chi connectivity index (χ2v) is 16.9. The van der Waals surface area contributed by atoms with Gasteiger partial charge in [0.25, 0.3) is 17.8 Å². The van der Waals surface area contributed by atoms with Gasteiger partial charge in [-0.25, -0.2) is 18.7 Å². The highest BCUT2D eigenvalue weighted by Crippen LogP contribution is 2.58. The molecule has 3 aromatic rings. The minimum absolute atomic E-state index is 0.00674. The zero-order chi connectivity index (χ0) is 37.4. The predicted octanol–water partition coefficient (Wildman–Crippen LogP) is 8.73. The van der Waals surface area contributed by atoms with E-state index in [0.717, 1.165) is 82.0 Å².